The van der Waals surface area contributed by atoms with E-state index in [9.17, 15) is 9.90 Å². The first-order valence-electron chi connectivity index (χ1n) is 6.46. The summed E-state index contributed by atoms with van der Waals surface area (Å²) < 4.78 is 5.50. The summed E-state index contributed by atoms with van der Waals surface area (Å²) in [6, 6.07) is 15.3. The standard InChI is InChI=1S/C16H17NO4/c17-16(15(19)20,13-4-2-1-3-5-13)11-21-14-8-6-12(10-18)7-9-14/h1-9,18H,10-11,17H2,(H,19,20). The van der Waals surface area contributed by atoms with Gasteiger partial charge in [-0.25, -0.2) is 4.79 Å². The van der Waals surface area contributed by atoms with Crippen molar-refractivity contribution in [2.75, 3.05) is 6.61 Å². The van der Waals surface area contributed by atoms with Gasteiger partial charge >= 0.3 is 5.97 Å². The molecule has 0 heterocycles. The molecule has 1 atom stereocenters. The third-order valence-electron chi connectivity index (χ3n) is 3.24. The minimum Gasteiger partial charge on any atom is -0.491 e. The van der Waals surface area contributed by atoms with Crippen molar-refractivity contribution >= 4 is 5.97 Å². The fourth-order valence-corrected chi connectivity index (χ4v) is 1.89. The third-order valence-corrected chi connectivity index (χ3v) is 3.24. The molecule has 110 valence electrons. The van der Waals surface area contributed by atoms with Crippen molar-refractivity contribution in [2.45, 2.75) is 12.1 Å². The van der Waals surface area contributed by atoms with E-state index in [-0.39, 0.29) is 13.2 Å². The predicted molar refractivity (Wildman–Crippen MR) is 77.8 cm³/mol. The van der Waals surface area contributed by atoms with E-state index in [2.05, 4.69) is 0 Å². The lowest BCUT2D eigenvalue weighted by Crippen LogP contribution is -2.49. The van der Waals surface area contributed by atoms with Crippen LogP contribution in [0.4, 0.5) is 0 Å². The van der Waals surface area contributed by atoms with Crippen LogP contribution in [-0.2, 0) is 16.9 Å². The van der Waals surface area contributed by atoms with Crippen LogP contribution >= 0.6 is 0 Å². The van der Waals surface area contributed by atoms with Gasteiger partial charge in [0.25, 0.3) is 0 Å². The number of hydrogen-bond acceptors (Lipinski definition) is 4. The molecule has 21 heavy (non-hydrogen) atoms. The first-order chi connectivity index (χ1) is 10.1. The fraction of sp³-hybridized carbons (Fsp3) is 0.188. The number of ether oxygens (including phenoxy) is 1. The molecule has 0 saturated heterocycles. The molecule has 2 aromatic carbocycles. The summed E-state index contributed by atoms with van der Waals surface area (Å²) >= 11 is 0. The number of rotatable bonds is 6. The van der Waals surface area contributed by atoms with Gasteiger partial charge in [-0.05, 0) is 23.3 Å². The largest absolute Gasteiger partial charge is 0.491 e. The van der Waals surface area contributed by atoms with Gasteiger partial charge in [0.15, 0.2) is 5.54 Å². The molecule has 2 rings (SSSR count). The molecule has 2 aromatic rings. The molecule has 0 fully saturated rings. The van der Waals surface area contributed by atoms with Crippen LogP contribution in [0.15, 0.2) is 54.6 Å². The van der Waals surface area contributed by atoms with Crippen molar-refractivity contribution in [2.24, 2.45) is 5.73 Å². The Morgan fingerprint density at radius 2 is 1.71 bits per heavy atom. The summed E-state index contributed by atoms with van der Waals surface area (Å²) in [6.07, 6.45) is 0. The van der Waals surface area contributed by atoms with Crippen LogP contribution in [0, 0.1) is 0 Å². The maximum Gasteiger partial charge on any atom is 0.331 e. The Balaban J connectivity index is 2.15. The molecule has 0 radical (unpaired) electrons. The lowest BCUT2D eigenvalue weighted by molar-refractivity contribution is -0.145. The van der Waals surface area contributed by atoms with Crippen LogP contribution in [0.3, 0.4) is 0 Å². The van der Waals surface area contributed by atoms with Gasteiger partial charge in [0.05, 0.1) is 6.61 Å². The summed E-state index contributed by atoms with van der Waals surface area (Å²) in [5.74, 6) is -0.653. The second-order valence-corrected chi connectivity index (χ2v) is 4.73. The van der Waals surface area contributed by atoms with Crippen LogP contribution in [0.25, 0.3) is 0 Å². The van der Waals surface area contributed by atoms with E-state index in [0.29, 0.717) is 11.3 Å². The summed E-state index contributed by atoms with van der Waals surface area (Å²) in [5.41, 5.74) is 5.62. The molecule has 1 unspecified atom stereocenters. The Hall–Kier alpha value is -2.37. The number of aliphatic carboxylic acids is 1. The van der Waals surface area contributed by atoms with Gasteiger partial charge in [0.2, 0.25) is 0 Å². The number of carboxylic acid groups (broad SMARTS) is 1. The highest BCUT2D eigenvalue weighted by atomic mass is 16.5. The molecule has 4 N–H and O–H groups in total. The fourth-order valence-electron chi connectivity index (χ4n) is 1.89. The van der Waals surface area contributed by atoms with E-state index in [1.807, 2.05) is 0 Å². The van der Waals surface area contributed by atoms with E-state index in [1.54, 1.807) is 54.6 Å². The van der Waals surface area contributed by atoms with Crippen molar-refractivity contribution in [1.29, 1.82) is 0 Å². The second kappa shape index (κ2) is 6.39. The Morgan fingerprint density at radius 3 is 2.24 bits per heavy atom. The van der Waals surface area contributed by atoms with Crippen LogP contribution in [0.5, 0.6) is 5.75 Å². The molecule has 0 bridgehead atoms. The lowest BCUT2D eigenvalue weighted by atomic mass is 9.92. The molecule has 0 spiro atoms. The SMILES string of the molecule is NC(COc1ccc(CO)cc1)(C(=O)O)c1ccccc1. The minimum absolute atomic E-state index is 0.0553. The predicted octanol–water partition coefficient (Wildman–Crippen LogP) is 1.50. The van der Waals surface area contributed by atoms with Gasteiger partial charge in [0, 0.05) is 0 Å². The van der Waals surface area contributed by atoms with E-state index < -0.39 is 11.5 Å². The Labute approximate surface area is 122 Å². The van der Waals surface area contributed by atoms with Crippen LogP contribution in [0.1, 0.15) is 11.1 Å². The quantitative estimate of drug-likeness (QED) is 0.748. The zero-order valence-electron chi connectivity index (χ0n) is 11.4. The molecule has 0 aliphatic heterocycles. The number of benzene rings is 2. The van der Waals surface area contributed by atoms with Crippen LogP contribution < -0.4 is 10.5 Å². The smallest absolute Gasteiger partial charge is 0.331 e. The number of carboxylic acids is 1. The van der Waals surface area contributed by atoms with Crippen molar-refractivity contribution < 1.29 is 19.7 Å². The van der Waals surface area contributed by atoms with Crippen LogP contribution in [0.2, 0.25) is 0 Å². The molecular weight excluding hydrogens is 270 g/mol. The van der Waals surface area contributed by atoms with Gasteiger partial charge in [-0.15, -0.1) is 0 Å². The Bertz CT molecular complexity index is 597. The van der Waals surface area contributed by atoms with Crippen molar-refractivity contribution in [3.63, 3.8) is 0 Å². The van der Waals surface area contributed by atoms with E-state index in [4.69, 9.17) is 15.6 Å². The zero-order chi connectivity index (χ0) is 15.3. The molecular formula is C16H17NO4. The average Bonchev–Trinajstić information content (AvgIpc) is 2.53. The van der Waals surface area contributed by atoms with E-state index >= 15 is 0 Å². The molecule has 0 aliphatic rings. The number of aliphatic hydroxyl groups is 1. The zero-order valence-corrected chi connectivity index (χ0v) is 11.4. The van der Waals surface area contributed by atoms with Gasteiger partial charge in [-0.2, -0.15) is 0 Å². The highest BCUT2D eigenvalue weighted by Gasteiger charge is 2.37. The van der Waals surface area contributed by atoms with Gasteiger partial charge in [-0.3, -0.25) is 0 Å². The second-order valence-electron chi connectivity index (χ2n) is 4.73. The highest BCUT2D eigenvalue weighted by Crippen LogP contribution is 2.21. The summed E-state index contributed by atoms with van der Waals surface area (Å²) in [5, 5.41) is 18.4. The average molecular weight is 287 g/mol. The van der Waals surface area contributed by atoms with Gasteiger partial charge in [0.1, 0.15) is 12.4 Å². The normalized spacial score (nSPS) is 13.4. The monoisotopic (exact) mass is 287 g/mol. The molecule has 5 heteroatoms. The summed E-state index contributed by atoms with van der Waals surface area (Å²) in [6.45, 7) is -0.245. The van der Waals surface area contributed by atoms with Gasteiger partial charge < -0.3 is 20.7 Å². The number of hydrogen-bond donors (Lipinski definition) is 3. The molecule has 0 aliphatic carbocycles. The molecule has 0 saturated carbocycles. The molecule has 0 amide bonds. The number of nitrogens with two attached hydrogens (primary N) is 1. The lowest BCUT2D eigenvalue weighted by Gasteiger charge is -2.25. The Kier molecular flexibility index (Phi) is 4.57. The maximum absolute atomic E-state index is 11.5. The van der Waals surface area contributed by atoms with E-state index in [1.165, 1.54) is 0 Å². The first kappa shape index (κ1) is 15.0. The topological polar surface area (TPSA) is 92.8 Å². The molecule has 5 nitrogen and oxygen atoms in total. The minimum atomic E-state index is -1.61. The summed E-state index contributed by atoms with van der Waals surface area (Å²) in [7, 11) is 0. The first-order valence-corrected chi connectivity index (χ1v) is 6.46. The van der Waals surface area contributed by atoms with Crippen LogP contribution in [-0.4, -0.2) is 22.8 Å². The third kappa shape index (κ3) is 3.39. The van der Waals surface area contributed by atoms with Crippen molar-refractivity contribution in [3.05, 3.63) is 65.7 Å². The van der Waals surface area contributed by atoms with Crippen molar-refractivity contribution in [1.82, 2.24) is 0 Å². The molecule has 0 aromatic heterocycles. The highest BCUT2D eigenvalue weighted by molar-refractivity contribution is 5.80. The number of aliphatic hydroxyl groups excluding tert-OH is 1. The van der Waals surface area contributed by atoms with E-state index in [0.717, 1.165) is 5.56 Å². The maximum atomic E-state index is 11.5. The van der Waals surface area contributed by atoms with Gasteiger partial charge in [-0.1, -0.05) is 42.5 Å². The summed E-state index contributed by atoms with van der Waals surface area (Å²) in [4.78, 5) is 11.5. The Morgan fingerprint density at radius 1 is 1.10 bits per heavy atom. The number of carbonyl (C=O) groups is 1. The van der Waals surface area contributed by atoms with Crippen molar-refractivity contribution in [3.8, 4) is 5.75 Å².